The SMILES string of the molecule is COCCNC(=O)c1ccc2nnc3nc(C)n(CCOC)c3c2c1. The molecule has 8 nitrogen and oxygen atoms in total. The van der Waals surface area contributed by atoms with E-state index in [-0.39, 0.29) is 5.91 Å². The number of ether oxygens (including phenoxy) is 2. The molecule has 0 unspecified atom stereocenters. The van der Waals surface area contributed by atoms with Crippen molar-refractivity contribution in [2.45, 2.75) is 13.5 Å². The maximum Gasteiger partial charge on any atom is 0.251 e. The molecule has 2 heterocycles. The molecule has 0 radical (unpaired) electrons. The van der Waals surface area contributed by atoms with Gasteiger partial charge in [0, 0.05) is 38.3 Å². The molecule has 1 amide bonds. The minimum Gasteiger partial charge on any atom is -0.383 e. The van der Waals surface area contributed by atoms with Gasteiger partial charge in [-0.1, -0.05) is 0 Å². The molecule has 0 atom stereocenters. The van der Waals surface area contributed by atoms with Crippen LogP contribution in [0, 0.1) is 6.92 Å². The highest BCUT2D eigenvalue weighted by atomic mass is 16.5. The number of hydrogen-bond acceptors (Lipinski definition) is 6. The van der Waals surface area contributed by atoms with Crippen molar-refractivity contribution >= 4 is 28.0 Å². The van der Waals surface area contributed by atoms with Gasteiger partial charge in [0.15, 0.2) is 0 Å². The fourth-order valence-electron chi connectivity index (χ4n) is 2.76. The van der Waals surface area contributed by atoms with Gasteiger partial charge in [-0.05, 0) is 25.1 Å². The molecule has 3 rings (SSSR count). The molecule has 8 heteroatoms. The predicted octanol–water partition coefficient (Wildman–Crippen LogP) is 1.31. The van der Waals surface area contributed by atoms with E-state index in [0.29, 0.717) is 37.5 Å². The van der Waals surface area contributed by atoms with E-state index < -0.39 is 0 Å². The number of aromatic nitrogens is 4. The number of aryl methyl sites for hydroxylation is 1. The molecule has 0 saturated carbocycles. The predicted molar refractivity (Wildman–Crippen MR) is 93.7 cm³/mol. The van der Waals surface area contributed by atoms with Crippen molar-refractivity contribution in [3.05, 3.63) is 29.6 Å². The summed E-state index contributed by atoms with van der Waals surface area (Å²) in [7, 11) is 3.26. The van der Waals surface area contributed by atoms with Crippen LogP contribution >= 0.6 is 0 Å². The highest BCUT2D eigenvalue weighted by Crippen LogP contribution is 2.24. The fourth-order valence-corrected chi connectivity index (χ4v) is 2.76. The topological polar surface area (TPSA) is 91.2 Å². The Balaban J connectivity index is 2.07. The summed E-state index contributed by atoms with van der Waals surface area (Å²) in [4.78, 5) is 16.8. The first kappa shape index (κ1) is 17.2. The van der Waals surface area contributed by atoms with Crippen LogP contribution in [0.15, 0.2) is 18.2 Å². The van der Waals surface area contributed by atoms with Crippen LogP contribution in [0.4, 0.5) is 0 Å². The summed E-state index contributed by atoms with van der Waals surface area (Å²) in [6.45, 7) is 4.07. The number of imidazole rings is 1. The standard InChI is InChI=1S/C17H21N5O3/c1-11-19-16-15(22(11)7-9-25-3)13-10-12(4-5-14(13)20-21-16)17(23)18-6-8-24-2/h4-5,10H,6-9H2,1-3H3,(H,18,23). The van der Waals surface area contributed by atoms with E-state index in [9.17, 15) is 4.79 Å². The number of hydrogen-bond donors (Lipinski definition) is 1. The molecule has 132 valence electrons. The first-order valence-corrected chi connectivity index (χ1v) is 8.05. The minimum atomic E-state index is -0.149. The highest BCUT2D eigenvalue weighted by Gasteiger charge is 2.15. The van der Waals surface area contributed by atoms with Gasteiger partial charge >= 0.3 is 0 Å². The van der Waals surface area contributed by atoms with Gasteiger partial charge in [-0.2, -0.15) is 0 Å². The zero-order chi connectivity index (χ0) is 17.8. The summed E-state index contributed by atoms with van der Waals surface area (Å²) in [6.07, 6.45) is 0. The highest BCUT2D eigenvalue weighted by molar-refractivity contribution is 6.05. The first-order valence-electron chi connectivity index (χ1n) is 8.05. The van der Waals surface area contributed by atoms with Crippen LogP contribution in [0.5, 0.6) is 0 Å². The Morgan fingerprint density at radius 1 is 1.20 bits per heavy atom. The quantitative estimate of drug-likeness (QED) is 0.651. The van der Waals surface area contributed by atoms with Crippen molar-refractivity contribution in [1.82, 2.24) is 25.1 Å². The molecule has 1 N–H and O–H groups in total. The second kappa shape index (κ2) is 7.54. The molecule has 0 spiro atoms. The average Bonchev–Trinajstić information content (AvgIpc) is 2.95. The van der Waals surface area contributed by atoms with E-state index in [1.54, 1.807) is 26.4 Å². The summed E-state index contributed by atoms with van der Waals surface area (Å²) in [5.74, 6) is 0.687. The first-order chi connectivity index (χ1) is 12.2. The normalized spacial score (nSPS) is 11.3. The van der Waals surface area contributed by atoms with Crippen LogP contribution in [0.1, 0.15) is 16.2 Å². The molecule has 0 fully saturated rings. The van der Waals surface area contributed by atoms with Crippen LogP contribution in [-0.2, 0) is 16.0 Å². The third kappa shape index (κ3) is 3.45. The van der Waals surface area contributed by atoms with Gasteiger partial charge in [0.25, 0.3) is 5.91 Å². The Hall–Kier alpha value is -2.58. The maximum absolute atomic E-state index is 12.3. The second-order valence-corrected chi connectivity index (χ2v) is 5.66. The maximum atomic E-state index is 12.3. The fraction of sp³-hybridized carbons (Fsp3) is 0.412. The number of carbonyl (C=O) groups excluding carboxylic acids is 1. The summed E-state index contributed by atoms with van der Waals surface area (Å²) in [5.41, 5.74) is 2.72. The number of carbonyl (C=O) groups is 1. The van der Waals surface area contributed by atoms with E-state index in [0.717, 1.165) is 22.2 Å². The smallest absolute Gasteiger partial charge is 0.251 e. The number of nitrogens with zero attached hydrogens (tertiary/aromatic N) is 4. The van der Waals surface area contributed by atoms with Crippen molar-refractivity contribution in [2.75, 3.05) is 34.0 Å². The molecule has 0 aliphatic heterocycles. The Bertz CT molecular complexity index is 906. The van der Waals surface area contributed by atoms with E-state index in [1.807, 2.05) is 17.6 Å². The summed E-state index contributed by atoms with van der Waals surface area (Å²) in [6, 6.07) is 5.38. The molecule has 3 aromatic rings. The van der Waals surface area contributed by atoms with Crippen LogP contribution < -0.4 is 5.32 Å². The summed E-state index contributed by atoms with van der Waals surface area (Å²) in [5, 5.41) is 12.1. The minimum absolute atomic E-state index is 0.149. The van der Waals surface area contributed by atoms with E-state index in [2.05, 4.69) is 20.5 Å². The molecule has 1 aromatic carbocycles. The molecule has 2 aromatic heterocycles. The van der Waals surface area contributed by atoms with Crippen molar-refractivity contribution in [3.8, 4) is 0 Å². The van der Waals surface area contributed by atoms with Gasteiger partial charge in [0.05, 0.1) is 24.2 Å². The van der Waals surface area contributed by atoms with Crippen LogP contribution in [-0.4, -0.2) is 59.6 Å². The molecular formula is C17H21N5O3. The number of amides is 1. The van der Waals surface area contributed by atoms with Crippen molar-refractivity contribution in [3.63, 3.8) is 0 Å². The number of fused-ring (bicyclic) bond motifs is 3. The van der Waals surface area contributed by atoms with Gasteiger partial charge in [-0.15, -0.1) is 10.2 Å². The van der Waals surface area contributed by atoms with Gasteiger partial charge in [-0.3, -0.25) is 4.79 Å². The Morgan fingerprint density at radius 2 is 2.00 bits per heavy atom. The molecule has 0 aliphatic rings. The largest absolute Gasteiger partial charge is 0.383 e. The Labute approximate surface area is 145 Å². The van der Waals surface area contributed by atoms with Gasteiger partial charge in [0.2, 0.25) is 5.65 Å². The zero-order valence-electron chi connectivity index (χ0n) is 14.6. The second-order valence-electron chi connectivity index (χ2n) is 5.66. The summed E-state index contributed by atoms with van der Waals surface area (Å²) >= 11 is 0. The van der Waals surface area contributed by atoms with E-state index in [1.165, 1.54) is 0 Å². The van der Waals surface area contributed by atoms with Gasteiger partial charge in [0.1, 0.15) is 5.82 Å². The van der Waals surface area contributed by atoms with Gasteiger partial charge in [-0.25, -0.2) is 4.98 Å². The number of nitrogens with one attached hydrogen (secondary N) is 1. The number of methoxy groups -OCH3 is 2. The average molecular weight is 343 g/mol. The third-order valence-corrected chi connectivity index (χ3v) is 4.02. The molecule has 25 heavy (non-hydrogen) atoms. The van der Waals surface area contributed by atoms with Crippen LogP contribution in [0.3, 0.4) is 0 Å². The monoisotopic (exact) mass is 343 g/mol. The van der Waals surface area contributed by atoms with Crippen molar-refractivity contribution in [1.29, 1.82) is 0 Å². The molecule has 0 bridgehead atoms. The van der Waals surface area contributed by atoms with Crippen LogP contribution in [0.2, 0.25) is 0 Å². The lowest BCUT2D eigenvalue weighted by Crippen LogP contribution is -2.26. The molecule has 0 saturated heterocycles. The lowest BCUT2D eigenvalue weighted by atomic mass is 10.1. The number of benzene rings is 1. The summed E-state index contributed by atoms with van der Waals surface area (Å²) < 4.78 is 12.2. The number of rotatable bonds is 7. The van der Waals surface area contributed by atoms with Crippen molar-refractivity contribution in [2.24, 2.45) is 0 Å². The zero-order valence-corrected chi connectivity index (χ0v) is 14.6. The van der Waals surface area contributed by atoms with Gasteiger partial charge < -0.3 is 19.4 Å². The van der Waals surface area contributed by atoms with E-state index in [4.69, 9.17) is 9.47 Å². The lowest BCUT2D eigenvalue weighted by Gasteiger charge is -2.09. The Kier molecular flexibility index (Phi) is 5.20. The molecular weight excluding hydrogens is 322 g/mol. The van der Waals surface area contributed by atoms with Crippen molar-refractivity contribution < 1.29 is 14.3 Å². The Morgan fingerprint density at radius 3 is 2.76 bits per heavy atom. The van der Waals surface area contributed by atoms with E-state index >= 15 is 0 Å². The lowest BCUT2D eigenvalue weighted by molar-refractivity contribution is 0.0937. The van der Waals surface area contributed by atoms with Crippen LogP contribution in [0.25, 0.3) is 22.1 Å². The molecule has 0 aliphatic carbocycles. The third-order valence-electron chi connectivity index (χ3n) is 4.02.